The monoisotopic (exact) mass is 400 g/mol. The molecule has 3 nitrogen and oxygen atoms in total. The van der Waals surface area contributed by atoms with Crippen LogP contribution >= 0.6 is 12.2 Å². The van der Waals surface area contributed by atoms with E-state index in [1.165, 1.54) is 5.56 Å². The fourth-order valence-corrected chi connectivity index (χ4v) is 3.96. The topological polar surface area (TPSA) is 29.9 Å². The Hall–Kier alpha value is -3.11. The third-order valence-electron chi connectivity index (χ3n) is 5.03. The zero-order chi connectivity index (χ0) is 20.2. The fourth-order valence-electron chi connectivity index (χ4n) is 3.66. The van der Waals surface area contributed by atoms with E-state index < -0.39 is 0 Å². The quantitative estimate of drug-likeness (QED) is 0.360. The molecule has 0 spiro atoms. The van der Waals surface area contributed by atoms with Crippen molar-refractivity contribution < 1.29 is 4.74 Å². The predicted molar refractivity (Wildman–Crippen MR) is 122 cm³/mol. The van der Waals surface area contributed by atoms with Gasteiger partial charge in [-0.15, -0.1) is 0 Å². The molecule has 1 heterocycles. The summed E-state index contributed by atoms with van der Waals surface area (Å²) in [6.07, 6.45) is 2.18. The van der Waals surface area contributed by atoms with Crippen LogP contribution in [0, 0.1) is 4.77 Å². The van der Waals surface area contributed by atoms with Gasteiger partial charge in [-0.05, 0) is 54.5 Å². The molecular weight excluding hydrogens is 376 g/mol. The van der Waals surface area contributed by atoms with Crippen molar-refractivity contribution >= 4 is 12.2 Å². The molecule has 0 radical (unpaired) electrons. The Balaban J connectivity index is 1.97. The van der Waals surface area contributed by atoms with E-state index in [9.17, 15) is 0 Å². The Bertz CT molecular complexity index is 1160. The summed E-state index contributed by atoms with van der Waals surface area (Å²) in [5.74, 6) is 0.825. The summed E-state index contributed by atoms with van der Waals surface area (Å²) in [5, 5.41) is 0. The van der Waals surface area contributed by atoms with E-state index >= 15 is 0 Å². The van der Waals surface area contributed by atoms with Gasteiger partial charge in [0.1, 0.15) is 5.75 Å². The number of nitrogens with one attached hydrogen (secondary N) is 1. The van der Waals surface area contributed by atoms with Crippen molar-refractivity contribution in [1.29, 1.82) is 0 Å². The highest BCUT2D eigenvalue weighted by molar-refractivity contribution is 7.71. The molecule has 1 aromatic heterocycles. The Kier molecular flexibility index (Phi) is 5.63. The van der Waals surface area contributed by atoms with Gasteiger partial charge in [-0.2, -0.15) is 0 Å². The minimum Gasteiger partial charge on any atom is -0.497 e. The summed E-state index contributed by atoms with van der Waals surface area (Å²) < 4.78 is 8.11. The number of benzene rings is 3. The first kappa shape index (κ1) is 19.2. The molecular formula is C25H24N2OS. The fraction of sp³-hybridized carbons (Fsp3) is 0.160. The Morgan fingerprint density at radius 2 is 1.62 bits per heavy atom. The third-order valence-corrected chi connectivity index (χ3v) is 5.31. The maximum atomic E-state index is 5.76. The zero-order valence-corrected chi connectivity index (χ0v) is 17.5. The van der Waals surface area contributed by atoms with Gasteiger partial charge in [0.15, 0.2) is 4.77 Å². The lowest BCUT2D eigenvalue weighted by Crippen LogP contribution is -1.98. The average molecular weight is 401 g/mol. The van der Waals surface area contributed by atoms with Crippen LogP contribution in [0.4, 0.5) is 0 Å². The second-order valence-corrected chi connectivity index (χ2v) is 7.39. The van der Waals surface area contributed by atoms with Gasteiger partial charge in [0.05, 0.1) is 18.5 Å². The Morgan fingerprint density at radius 3 is 2.31 bits per heavy atom. The molecule has 3 aromatic carbocycles. The second kappa shape index (κ2) is 8.50. The van der Waals surface area contributed by atoms with Gasteiger partial charge >= 0.3 is 0 Å². The van der Waals surface area contributed by atoms with Gasteiger partial charge in [0.2, 0.25) is 0 Å². The van der Waals surface area contributed by atoms with E-state index in [1.807, 2.05) is 42.5 Å². The summed E-state index contributed by atoms with van der Waals surface area (Å²) in [7, 11) is 1.68. The van der Waals surface area contributed by atoms with Crippen LogP contribution in [-0.4, -0.2) is 16.7 Å². The number of aryl methyl sites for hydroxylation is 1. The van der Waals surface area contributed by atoms with E-state index in [-0.39, 0.29) is 0 Å². The molecule has 0 amide bonds. The number of rotatable bonds is 6. The molecule has 0 saturated carbocycles. The van der Waals surface area contributed by atoms with Crippen molar-refractivity contribution in [3.05, 3.63) is 89.2 Å². The predicted octanol–water partition coefficient (Wildman–Crippen LogP) is 6.83. The van der Waals surface area contributed by atoms with Crippen LogP contribution in [0.15, 0.2) is 78.9 Å². The number of ether oxygens (including phenoxy) is 1. The van der Waals surface area contributed by atoms with Crippen LogP contribution < -0.4 is 4.74 Å². The number of aromatic amines is 1. The van der Waals surface area contributed by atoms with Crippen LogP contribution in [0.2, 0.25) is 0 Å². The van der Waals surface area contributed by atoms with E-state index in [1.54, 1.807) is 7.11 Å². The number of aromatic nitrogens is 2. The molecule has 4 aromatic rings. The molecule has 1 N–H and O–H groups in total. The summed E-state index contributed by atoms with van der Waals surface area (Å²) in [6.45, 7) is 2.21. The Labute approximate surface area is 176 Å². The lowest BCUT2D eigenvalue weighted by Gasteiger charge is -2.13. The zero-order valence-electron chi connectivity index (χ0n) is 16.7. The maximum absolute atomic E-state index is 5.76. The lowest BCUT2D eigenvalue weighted by atomic mass is 10.0. The van der Waals surface area contributed by atoms with Crippen LogP contribution in [0.3, 0.4) is 0 Å². The number of imidazole rings is 1. The van der Waals surface area contributed by atoms with E-state index in [0.29, 0.717) is 4.77 Å². The standard InChI is InChI=1S/C25H24N2OS/c1-3-8-18-9-7-12-20(17-18)24-23(19-10-5-4-6-11-19)26-25(29)27(24)21-13-15-22(28-2)16-14-21/h4-7,9-17H,3,8H2,1-2H3,(H,26,29). The smallest absolute Gasteiger partial charge is 0.182 e. The number of methoxy groups -OCH3 is 1. The summed E-state index contributed by atoms with van der Waals surface area (Å²) in [4.78, 5) is 3.45. The van der Waals surface area contributed by atoms with Crippen LogP contribution in [0.1, 0.15) is 18.9 Å². The highest BCUT2D eigenvalue weighted by atomic mass is 32.1. The molecule has 146 valence electrons. The normalized spacial score (nSPS) is 10.8. The van der Waals surface area contributed by atoms with Gasteiger partial charge in [-0.1, -0.05) is 61.9 Å². The molecule has 0 aliphatic rings. The molecule has 4 rings (SSSR count). The molecule has 0 unspecified atom stereocenters. The van der Waals surface area contributed by atoms with Crippen molar-refractivity contribution in [1.82, 2.24) is 9.55 Å². The van der Waals surface area contributed by atoms with Crippen molar-refractivity contribution in [2.75, 3.05) is 7.11 Å². The molecule has 0 aliphatic heterocycles. The van der Waals surface area contributed by atoms with Crippen LogP contribution in [0.25, 0.3) is 28.2 Å². The van der Waals surface area contributed by atoms with Gasteiger partial charge in [-0.25, -0.2) is 0 Å². The van der Waals surface area contributed by atoms with Crippen LogP contribution in [0.5, 0.6) is 5.75 Å². The summed E-state index contributed by atoms with van der Waals surface area (Å²) in [6, 6.07) is 27.1. The van der Waals surface area contributed by atoms with Crippen molar-refractivity contribution in [3.63, 3.8) is 0 Å². The van der Waals surface area contributed by atoms with Gasteiger partial charge in [0, 0.05) is 16.8 Å². The van der Waals surface area contributed by atoms with Gasteiger partial charge in [-0.3, -0.25) is 4.57 Å². The first-order chi connectivity index (χ1) is 14.2. The first-order valence-electron chi connectivity index (χ1n) is 9.85. The average Bonchev–Trinajstić information content (AvgIpc) is 3.12. The number of hydrogen-bond acceptors (Lipinski definition) is 2. The molecule has 4 heteroatoms. The first-order valence-corrected chi connectivity index (χ1v) is 10.3. The number of hydrogen-bond donors (Lipinski definition) is 1. The largest absolute Gasteiger partial charge is 0.497 e. The van der Waals surface area contributed by atoms with E-state index in [0.717, 1.165) is 46.8 Å². The van der Waals surface area contributed by atoms with Crippen molar-refractivity contribution in [2.24, 2.45) is 0 Å². The minimum absolute atomic E-state index is 0.671. The summed E-state index contributed by atoms with van der Waals surface area (Å²) >= 11 is 5.76. The second-order valence-electron chi connectivity index (χ2n) is 7.00. The third kappa shape index (κ3) is 3.89. The highest BCUT2D eigenvalue weighted by Gasteiger charge is 2.17. The minimum atomic E-state index is 0.671. The highest BCUT2D eigenvalue weighted by Crippen LogP contribution is 2.34. The molecule has 0 bridgehead atoms. The lowest BCUT2D eigenvalue weighted by molar-refractivity contribution is 0.414. The molecule has 0 saturated heterocycles. The van der Waals surface area contributed by atoms with Crippen molar-refractivity contribution in [2.45, 2.75) is 19.8 Å². The van der Waals surface area contributed by atoms with Gasteiger partial charge in [0.25, 0.3) is 0 Å². The molecule has 0 atom stereocenters. The molecule has 0 aliphatic carbocycles. The number of H-pyrrole nitrogens is 1. The van der Waals surface area contributed by atoms with Crippen LogP contribution in [-0.2, 0) is 6.42 Å². The van der Waals surface area contributed by atoms with Gasteiger partial charge < -0.3 is 9.72 Å². The van der Waals surface area contributed by atoms with E-state index in [2.05, 4.69) is 52.9 Å². The van der Waals surface area contributed by atoms with Crippen molar-refractivity contribution in [3.8, 4) is 34.0 Å². The van der Waals surface area contributed by atoms with E-state index in [4.69, 9.17) is 17.0 Å². The summed E-state index contributed by atoms with van der Waals surface area (Å²) in [5.41, 5.74) is 6.70. The number of nitrogens with zero attached hydrogens (tertiary/aromatic N) is 1. The molecule has 29 heavy (non-hydrogen) atoms. The SMILES string of the molecule is CCCc1cccc(-c2c(-c3ccccc3)[nH]c(=S)n2-c2ccc(OC)cc2)c1. The molecule has 0 fully saturated rings. The maximum Gasteiger partial charge on any atom is 0.182 e. The Morgan fingerprint density at radius 1 is 0.897 bits per heavy atom.